The monoisotopic (exact) mass is 338 g/mol. The lowest BCUT2D eigenvalue weighted by Gasteiger charge is -2.12. The molecule has 1 amide bonds. The fraction of sp³-hybridized carbons (Fsp3) is 0.500. The van der Waals surface area contributed by atoms with Crippen LogP contribution < -0.4 is 11.1 Å². The SMILES string of the molecule is Cl.NCc1cc(NC(=O)COCC2CC2)cc(C(F)(F)F)c1. The highest BCUT2D eigenvalue weighted by molar-refractivity contribution is 5.91. The number of nitrogens with one attached hydrogen (secondary N) is 1. The second kappa shape index (κ2) is 7.80. The third kappa shape index (κ3) is 5.82. The molecule has 1 aromatic rings. The number of anilines is 1. The van der Waals surface area contributed by atoms with Crippen molar-refractivity contribution in [3.63, 3.8) is 0 Å². The molecular weight excluding hydrogens is 321 g/mol. The van der Waals surface area contributed by atoms with Crippen molar-refractivity contribution in [2.24, 2.45) is 11.7 Å². The van der Waals surface area contributed by atoms with Crippen molar-refractivity contribution < 1.29 is 22.7 Å². The van der Waals surface area contributed by atoms with E-state index in [1.165, 1.54) is 6.07 Å². The summed E-state index contributed by atoms with van der Waals surface area (Å²) >= 11 is 0. The average molecular weight is 339 g/mol. The third-order valence-electron chi connectivity index (χ3n) is 3.12. The molecule has 2 rings (SSSR count). The van der Waals surface area contributed by atoms with E-state index in [2.05, 4.69) is 5.32 Å². The van der Waals surface area contributed by atoms with Crippen LogP contribution in [0.5, 0.6) is 0 Å². The largest absolute Gasteiger partial charge is 0.416 e. The van der Waals surface area contributed by atoms with Gasteiger partial charge in [0.1, 0.15) is 6.61 Å². The van der Waals surface area contributed by atoms with E-state index in [4.69, 9.17) is 10.5 Å². The van der Waals surface area contributed by atoms with E-state index >= 15 is 0 Å². The van der Waals surface area contributed by atoms with E-state index in [9.17, 15) is 18.0 Å². The lowest BCUT2D eigenvalue weighted by Crippen LogP contribution is -2.20. The fourth-order valence-corrected chi connectivity index (χ4v) is 1.85. The number of halogens is 4. The molecule has 1 fully saturated rings. The van der Waals surface area contributed by atoms with Crippen molar-refractivity contribution in [1.29, 1.82) is 0 Å². The van der Waals surface area contributed by atoms with E-state index in [-0.39, 0.29) is 31.2 Å². The standard InChI is InChI=1S/C14H17F3N2O2.ClH/c15-14(16,17)11-3-10(6-18)4-12(5-11)19-13(20)8-21-7-9-1-2-9;/h3-5,9H,1-2,6-8,18H2,(H,19,20);1H. The van der Waals surface area contributed by atoms with Crippen molar-refractivity contribution >= 4 is 24.0 Å². The lowest BCUT2D eigenvalue weighted by atomic mass is 10.1. The quantitative estimate of drug-likeness (QED) is 0.838. The van der Waals surface area contributed by atoms with Crippen molar-refractivity contribution in [3.8, 4) is 0 Å². The molecule has 22 heavy (non-hydrogen) atoms. The van der Waals surface area contributed by atoms with E-state index < -0.39 is 17.6 Å². The molecule has 1 aliphatic rings. The van der Waals surface area contributed by atoms with Crippen LogP contribution in [0.3, 0.4) is 0 Å². The van der Waals surface area contributed by atoms with E-state index in [0.717, 1.165) is 25.0 Å². The van der Waals surface area contributed by atoms with Crippen LogP contribution in [0.25, 0.3) is 0 Å². The molecule has 0 atom stereocenters. The van der Waals surface area contributed by atoms with Crippen molar-refractivity contribution in [2.75, 3.05) is 18.5 Å². The van der Waals surface area contributed by atoms with Crippen LogP contribution in [0.4, 0.5) is 18.9 Å². The summed E-state index contributed by atoms with van der Waals surface area (Å²) in [5.74, 6) is 0.0492. The van der Waals surface area contributed by atoms with Crippen molar-refractivity contribution in [3.05, 3.63) is 29.3 Å². The Balaban J connectivity index is 0.00000242. The second-order valence-corrected chi connectivity index (χ2v) is 5.13. The number of carbonyl (C=O) groups excluding carboxylic acids is 1. The van der Waals surface area contributed by atoms with Gasteiger partial charge >= 0.3 is 6.18 Å². The Hall–Kier alpha value is -1.31. The van der Waals surface area contributed by atoms with Crippen LogP contribution in [0.2, 0.25) is 0 Å². The summed E-state index contributed by atoms with van der Waals surface area (Å²) in [7, 11) is 0. The van der Waals surface area contributed by atoms with E-state index in [1.807, 2.05) is 0 Å². The van der Waals surface area contributed by atoms with Crippen LogP contribution in [0.15, 0.2) is 18.2 Å². The Morgan fingerprint density at radius 2 is 2.00 bits per heavy atom. The Kier molecular flexibility index (Phi) is 6.65. The first kappa shape index (κ1) is 18.7. The molecule has 0 radical (unpaired) electrons. The summed E-state index contributed by atoms with van der Waals surface area (Å²) in [5, 5.41) is 2.40. The molecule has 3 N–H and O–H groups in total. The number of hydrogen-bond acceptors (Lipinski definition) is 3. The highest BCUT2D eigenvalue weighted by Gasteiger charge is 2.31. The van der Waals surface area contributed by atoms with Gasteiger partial charge in [-0.15, -0.1) is 12.4 Å². The second-order valence-electron chi connectivity index (χ2n) is 5.13. The number of alkyl halides is 3. The van der Waals surface area contributed by atoms with Gasteiger partial charge in [0.25, 0.3) is 0 Å². The van der Waals surface area contributed by atoms with Gasteiger partial charge < -0.3 is 15.8 Å². The van der Waals surface area contributed by atoms with E-state index in [1.54, 1.807) is 0 Å². The summed E-state index contributed by atoms with van der Waals surface area (Å²) in [6, 6.07) is 3.28. The van der Waals surface area contributed by atoms with Crippen LogP contribution in [-0.2, 0) is 22.3 Å². The third-order valence-corrected chi connectivity index (χ3v) is 3.12. The predicted octanol–water partition coefficient (Wildman–Crippen LogP) is 2.95. The van der Waals surface area contributed by atoms with Gasteiger partial charge in [0.15, 0.2) is 0 Å². The number of nitrogens with two attached hydrogens (primary N) is 1. The van der Waals surface area contributed by atoms with Crippen LogP contribution in [-0.4, -0.2) is 19.1 Å². The smallest absolute Gasteiger partial charge is 0.371 e. The van der Waals surface area contributed by atoms with Crippen LogP contribution in [0.1, 0.15) is 24.0 Å². The zero-order valence-electron chi connectivity index (χ0n) is 11.8. The van der Waals surface area contributed by atoms with Gasteiger partial charge in [-0.05, 0) is 42.5 Å². The topological polar surface area (TPSA) is 64.3 Å². The molecule has 1 aliphatic carbocycles. The number of hydrogen-bond donors (Lipinski definition) is 2. The number of carbonyl (C=O) groups is 1. The van der Waals surface area contributed by atoms with Gasteiger partial charge in [0, 0.05) is 12.2 Å². The minimum atomic E-state index is -4.48. The number of rotatable bonds is 6. The maximum absolute atomic E-state index is 12.7. The minimum absolute atomic E-state index is 0. The molecular formula is C14H18ClF3N2O2. The van der Waals surface area contributed by atoms with Gasteiger partial charge in [-0.2, -0.15) is 13.2 Å². The molecule has 4 nitrogen and oxygen atoms in total. The molecule has 0 spiro atoms. The van der Waals surface area contributed by atoms with Crippen molar-refractivity contribution in [2.45, 2.75) is 25.6 Å². The normalized spacial score (nSPS) is 14.4. The number of amides is 1. The maximum Gasteiger partial charge on any atom is 0.416 e. The molecule has 0 bridgehead atoms. The minimum Gasteiger partial charge on any atom is -0.371 e. The number of benzene rings is 1. The van der Waals surface area contributed by atoms with Gasteiger partial charge in [0.05, 0.1) is 12.2 Å². The van der Waals surface area contributed by atoms with Crippen LogP contribution in [0, 0.1) is 5.92 Å². The molecule has 124 valence electrons. The Bertz CT molecular complexity index is 519. The first-order valence-corrected chi connectivity index (χ1v) is 6.67. The molecule has 1 saturated carbocycles. The van der Waals surface area contributed by atoms with E-state index in [0.29, 0.717) is 18.1 Å². The fourth-order valence-electron chi connectivity index (χ4n) is 1.85. The maximum atomic E-state index is 12.7. The predicted molar refractivity (Wildman–Crippen MR) is 78.8 cm³/mol. The summed E-state index contributed by atoms with van der Waals surface area (Å²) < 4.78 is 43.4. The van der Waals surface area contributed by atoms with Gasteiger partial charge in [0.2, 0.25) is 5.91 Å². The van der Waals surface area contributed by atoms with Gasteiger partial charge in [-0.1, -0.05) is 0 Å². The first-order chi connectivity index (χ1) is 9.88. The average Bonchev–Trinajstić information content (AvgIpc) is 3.21. The molecule has 0 aliphatic heterocycles. The van der Waals surface area contributed by atoms with Crippen LogP contribution >= 0.6 is 12.4 Å². The highest BCUT2D eigenvalue weighted by atomic mass is 35.5. The summed E-state index contributed by atoms with van der Waals surface area (Å²) in [4.78, 5) is 11.6. The zero-order valence-corrected chi connectivity index (χ0v) is 12.6. The summed E-state index contributed by atoms with van der Waals surface area (Å²) in [6.07, 6.45) is -2.27. The molecule has 0 aromatic heterocycles. The zero-order chi connectivity index (χ0) is 15.5. The van der Waals surface area contributed by atoms with Crippen molar-refractivity contribution in [1.82, 2.24) is 0 Å². The summed E-state index contributed by atoms with van der Waals surface area (Å²) in [5.41, 5.74) is 4.92. The first-order valence-electron chi connectivity index (χ1n) is 6.67. The molecule has 0 heterocycles. The molecule has 1 aromatic carbocycles. The molecule has 0 unspecified atom stereocenters. The van der Waals surface area contributed by atoms with Gasteiger partial charge in [-0.3, -0.25) is 4.79 Å². The summed E-state index contributed by atoms with van der Waals surface area (Å²) in [6.45, 7) is 0.319. The molecule has 8 heteroatoms. The van der Waals surface area contributed by atoms with Gasteiger partial charge in [-0.25, -0.2) is 0 Å². The Morgan fingerprint density at radius 3 is 2.55 bits per heavy atom. The number of ether oxygens (including phenoxy) is 1. The Labute approximate surface area is 132 Å². The molecule has 0 saturated heterocycles. The highest BCUT2D eigenvalue weighted by Crippen LogP contribution is 2.32. The lowest BCUT2D eigenvalue weighted by molar-refractivity contribution is -0.137. The Morgan fingerprint density at radius 1 is 1.32 bits per heavy atom.